The summed E-state index contributed by atoms with van der Waals surface area (Å²) in [6, 6.07) is 0. The Kier molecular flexibility index (Phi) is 3.11. The van der Waals surface area contributed by atoms with Crippen molar-refractivity contribution in [2.45, 2.75) is 24.5 Å². The van der Waals surface area contributed by atoms with E-state index in [1.165, 1.54) is 12.8 Å². The SMILES string of the molecule is PC1(C(=S)S)CCCCN1. The molecule has 1 saturated heterocycles. The fourth-order valence-electron chi connectivity index (χ4n) is 1.11. The molecule has 0 aromatic rings. The minimum absolute atomic E-state index is 0.0588. The number of hydrogen-bond acceptors (Lipinski definition) is 2. The molecular weight excluding hydrogens is 181 g/mol. The van der Waals surface area contributed by atoms with Crippen LogP contribution in [0.25, 0.3) is 0 Å². The number of hydrogen-bond donors (Lipinski definition) is 2. The van der Waals surface area contributed by atoms with Crippen LogP contribution in [0.5, 0.6) is 0 Å². The van der Waals surface area contributed by atoms with Gasteiger partial charge < -0.3 is 5.32 Å². The van der Waals surface area contributed by atoms with Gasteiger partial charge in [0.25, 0.3) is 0 Å². The van der Waals surface area contributed by atoms with Crippen molar-refractivity contribution in [1.82, 2.24) is 5.32 Å². The molecule has 1 N–H and O–H groups in total. The van der Waals surface area contributed by atoms with E-state index in [0.717, 1.165) is 17.2 Å². The summed E-state index contributed by atoms with van der Waals surface area (Å²) >= 11 is 9.18. The van der Waals surface area contributed by atoms with Gasteiger partial charge in [0.05, 0.1) is 9.48 Å². The predicted octanol–water partition coefficient (Wildman–Crippen LogP) is 1.59. The highest BCUT2D eigenvalue weighted by Gasteiger charge is 2.28. The molecule has 1 aliphatic rings. The van der Waals surface area contributed by atoms with Crippen LogP contribution in [0.15, 0.2) is 0 Å². The van der Waals surface area contributed by atoms with Crippen molar-refractivity contribution >= 4 is 38.3 Å². The second-order valence-corrected chi connectivity index (χ2v) is 4.80. The molecule has 1 aliphatic heterocycles. The lowest BCUT2D eigenvalue weighted by atomic mass is 10.1. The van der Waals surface area contributed by atoms with Crippen LogP contribution in [0.1, 0.15) is 19.3 Å². The van der Waals surface area contributed by atoms with Gasteiger partial charge >= 0.3 is 0 Å². The van der Waals surface area contributed by atoms with E-state index >= 15 is 0 Å². The minimum atomic E-state index is -0.0588. The van der Waals surface area contributed by atoms with Gasteiger partial charge in [-0.05, 0) is 25.8 Å². The molecule has 0 amide bonds. The highest BCUT2D eigenvalue weighted by atomic mass is 32.1. The summed E-state index contributed by atoms with van der Waals surface area (Å²) < 4.78 is 0.761. The van der Waals surface area contributed by atoms with Crippen LogP contribution in [0.4, 0.5) is 0 Å². The van der Waals surface area contributed by atoms with Crippen molar-refractivity contribution < 1.29 is 0 Å². The molecule has 4 heteroatoms. The molecule has 0 aliphatic carbocycles. The van der Waals surface area contributed by atoms with E-state index in [2.05, 4.69) is 27.2 Å². The molecule has 10 heavy (non-hydrogen) atoms. The van der Waals surface area contributed by atoms with Crippen molar-refractivity contribution in [3.8, 4) is 0 Å². The van der Waals surface area contributed by atoms with Crippen LogP contribution >= 0.6 is 34.1 Å². The van der Waals surface area contributed by atoms with Crippen LogP contribution in [0.2, 0.25) is 0 Å². The lowest BCUT2D eigenvalue weighted by Crippen LogP contribution is -2.46. The van der Waals surface area contributed by atoms with Crippen molar-refractivity contribution in [3.05, 3.63) is 0 Å². The van der Waals surface area contributed by atoms with E-state index in [1.807, 2.05) is 0 Å². The predicted molar refractivity (Wildman–Crippen MR) is 55.9 cm³/mol. The van der Waals surface area contributed by atoms with E-state index < -0.39 is 0 Å². The Morgan fingerprint density at radius 1 is 1.60 bits per heavy atom. The van der Waals surface area contributed by atoms with Crippen LogP contribution in [0, 0.1) is 0 Å². The van der Waals surface area contributed by atoms with Crippen LogP contribution in [-0.2, 0) is 0 Å². The zero-order valence-electron chi connectivity index (χ0n) is 5.76. The number of piperidine rings is 1. The van der Waals surface area contributed by atoms with Gasteiger partial charge in [-0.3, -0.25) is 0 Å². The molecule has 0 aromatic heterocycles. The second-order valence-electron chi connectivity index (χ2n) is 2.66. The van der Waals surface area contributed by atoms with Gasteiger partial charge in [0.2, 0.25) is 0 Å². The summed E-state index contributed by atoms with van der Waals surface area (Å²) in [6.45, 7) is 1.06. The highest BCUT2D eigenvalue weighted by Crippen LogP contribution is 2.28. The number of nitrogens with one attached hydrogen (secondary N) is 1. The average Bonchev–Trinajstić information content (AvgIpc) is 1.89. The summed E-state index contributed by atoms with van der Waals surface area (Å²) in [5.74, 6) is 0. The molecule has 0 saturated carbocycles. The van der Waals surface area contributed by atoms with Crippen molar-refractivity contribution in [2.75, 3.05) is 6.54 Å². The van der Waals surface area contributed by atoms with Gasteiger partial charge in [0, 0.05) is 0 Å². The van der Waals surface area contributed by atoms with Gasteiger partial charge in [-0.15, -0.1) is 21.9 Å². The molecule has 0 aromatic carbocycles. The molecule has 1 nitrogen and oxygen atoms in total. The molecule has 58 valence electrons. The quantitative estimate of drug-likeness (QED) is 0.372. The van der Waals surface area contributed by atoms with Crippen LogP contribution in [-0.4, -0.2) is 16.0 Å². The third-order valence-electron chi connectivity index (χ3n) is 1.82. The normalized spacial score (nSPS) is 33.8. The van der Waals surface area contributed by atoms with Gasteiger partial charge in [-0.2, -0.15) is 0 Å². The minimum Gasteiger partial charge on any atom is -0.303 e. The lowest BCUT2D eigenvalue weighted by Gasteiger charge is -2.33. The van der Waals surface area contributed by atoms with E-state index in [0.29, 0.717) is 0 Å². The Balaban J connectivity index is 2.56. The van der Waals surface area contributed by atoms with E-state index in [-0.39, 0.29) is 5.28 Å². The molecule has 1 heterocycles. The topological polar surface area (TPSA) is 12.0 Å². The largest absolute Gasteiger partial charge is 0.303 e. The first kappa shape index (κ1) is 8.92. The third-order valence-corrected chi connectivity index (χ3v) is 3.82. The monoisotopic (exact) mass is 193 g/mol. The van der Waals surface area contributed by atoms with Crippen molar-refractivity contribution in [3.63, 3.8) is 0 Å². The molecule has 0 bridgehead atoms. The number of rotatable bonds is 1. The smallest absolute Gasteiger partial charge is 0.0735 e. The zero-order chi connectivity index (χ0) is 7.61. The van der Waals surface area contributed by atoms with Crippen LogP contribution in [0.3, 0.4) is 0 Å². The summed E-state index contributed by atoms with van der Waals surface area (Å²) in [6.07, 6.45) is 3.60. The summed E-state index contributed by atoms with van der Waals surface area (Å²) in [4.78, 5) is 0. The molecule has 2 atom stereocenters. The highest BCUT2D eigenvalue weighted by molar-refractivity contribution is 8.12. The maximum Gasteiger partial charge on any atom is 0.0735 e. The first-order valence-electron chi connectivity index (χ1n) is 3.42. The lowest BCUT2D eigenvalue weighted by molar-refractivity contribution is 0.447. The number of thiocarbonyl (C=S) groups is 1. The molecule has 1 fully saturated rings. The Morgan fingerprint density at radius 3 is 2.60 bits per heavy atom. The van der Waals surface area contributed by atoms with Crippen molar-refractivity contribution in [1.29, 1.82) is 0 Å². The fraction of sp³-hybridized carbons (Fsp3) is 0.833. The average molecular weight is 193 g/mol. The molecule has 1 rings (SSSR count). The molecular formula is C6H12NPS2. The standard InChI is InChI=1S/C6H12NPS2/c8-6(5(9)10)3-1-2-4-7-6/h7H,1-4,8H2,(H,9,10). The Labute approximate surface area is 75.0 Å². The van der Waals surface area contributed by atoms with E-state index in [9.17, 15) is 0 Å². The van der Waals surface area contributed by atoms with Gasteiger partial charge in [-0.1, -0.05) is 12.2 Å². The second kappa shape index (κ2) is 3.48. The molecule has 0 radical (unpaired) electrons. The summed E-state index contributed by atoms with van der Waals surface area (Å²) in [5.41, 5.74) is 0. The zero-order valence-corrected chi connectivity index (χ0v) is 8.63. The van der Waals surface area contributed by atoms with E-state index in [4.69, 9.17) is 12.2 Å². The maximum atomic E-state index is 5.01. The van der Waals surface area contributed by atoms with E-state index in [1.54, 1.807) is 0 Å². The molecule has 0 spiro atoms. The Bertz CT molecular complexity index is 143. The number of thiol groups is 1. The first-order chi connectivity index (χ1) is 4.65. The molecule has 2 unspecified atom stereocenters. The summed E-state index contributed by atoms with van der Waals surface area (Å²) in [5, 5.41) is 3.28. The maximum absolute atomic E-state index is 5.01. The van der Waals surface area contributed by atoms with Gasteiger partial charge in [0.15, 0.2) is 0 Å². The van der Waals surface area contributed by atoms with Gasteiger partial charge in [0.1, 0.15) is 0 Å². The Hall–Kier alpha value is 0.830. The third kappa shape index (κ3) is 1.91. The van der Waals surface area contributed by atoms with Crippen molar-refractivity contribution in [2.24, 2.45) is 0 Å². The summed E-state index contributed by atoms with van der Waals surface area (Å²) in [7, 11) is 2.75. The van der Waals surface area contributed by atoms with Crippen LogP contribution < -0.4 is 5.32 Å². The first-order valence-corrected chi connectivity index (χ1v) is 4.86. The van der Waals surface area contributed by atoms with Gasteiger partial charge in [-0.25, -0.2) is 0 Å². The fourth-order valence-corrected chi connectivity index (χ4v) is 1.82. The Morgan fingerprint density at radius 2 is 2.30 bits per heavy atom.